The number of carbonyl (C=O) groups is 1. The zero-order chi connectivity index (χ0) is 15.2. The van der Waals surface area contributed by atoms with Crippen LogP contribution in [0.4, 0.5) is 0 Å². The van der Waals surface area contributed by atoms with Crippen molar-refractivity contribution in [1.82, 2.24) is 0 Å². The van der Waals surface area contributed by atoms with Gasteiger partial charge in [0, 0.05) is 16.0 Å². The molecule has 1 saturated heterocycles. The Balaban J connectivity index is 1.46. The minimum absolute atomic E-state index is 0.0295. The maximum Gasteiger partial charge on any atom is 0.313 e. The highest BCUT2D eigenvalue weighted by atomic mass is 35.5. The van der Waals surface area contributed by atoms with Gasteiger partial charge in [-0.05, 0) is 43.9 Å². The van der Waals surface area contributed by atoms with Gasteiger partial charge in [0.2, 0.25) is 0 Å². The fourth-order valence-electron chi connectivity index (χ4n) is 3.76. The summed E-state index contributed by atoms with van der Waals surface area (Å²) in [7, 11) is 0. The van der Waals surface area contributed by atoms with E-state index in [1.165, 1.54) is 0 Å². The van der Waals surface area contributed by atoms with Crippen molar-refractivity contribution in [3.05, 3.63) is 28.8 Å². The molecule has 0 bridgehead atoms. The van der Waals surface area contributed by atoms with E-state index in [9.17, 15) is 4.79 Å². The van der Waals surface area contributed by atoms with Crippen LogP contribution in [-0.4, -0.2) is 31.9 Å². The normalized spacial score (nSPS) is 28.6. The van der Waals surface area contributed by atoms with Gasteiger partial charge >= 0.3 is 5.97 Å². The summed E-state index contributed by atoms with van der Waals surface area (Å²) in [5.74, 6) is 0.332. The zero-order valence-electron chi connectivity index (χ0n) is 12.3. The van der Waals surface area contributed by atoms with E-state index in [0.29, 0.717) is 18.1 Å². The molecule has 0 radical (unpaired) electrons. The van der Waals surface area contributed by atoms with E-state index >= 15 is 0 Å². The molecule has 0 aromatic heterocycles. The molecular weight excluding hydrogens is 304 g/mol. The van der Waals surface area contributed by atoms with Gasteiger partial charge in [-0.25, -0.2) is 0 Å². The molecule has 2 fully saturated rings. The lowest BCUT2D eigenvalue weighted by Gasteiger charge is -2.37. The van der Waals surface area contributed by atoms with Crippen LogP contribution in [-0.2, 0) is 14.3 Å². The van der Waals surface area contributed by atoms with Crippen molar-refractivity contribution in [1.29, 1.82) is 0 Å². The SMILES string of the molecule is O=C(OC1CCC2(COC2)C1)C1CCOc2ccc(Cl)cc21. The van der Waals surface area contributed by atoms with Gasteiger partial charge < -0.3 is 14.2 Å². The van der Waals surface area contributed by atoms with Crippen LogP contribution in [0.3, 0.4) is 0 Å². The van der Waals surface area contributed by atoms with E-state index < -0.39 is 0 Å². The van der Waals surface area contributed by atoms with Crippen molar-refractivity contribution >= 4 is 17.6 Å². The lowest BCUT2D eigenvalue weighted by Crippen LogP contribution is -2.40. The quantitative estimate of drug-likeness (QED) is 0.784. The molecule has 5 heteroatoms. The van der Waals surface area contributed by atoms with E-state index in [0.717, 1.165) is 43.8 Å². The highest BCUT2D eigenvalue weighted by Crippen LogP contribution is 2.46. The van der Waals surface area contributed by atoms with Crippen molar-refractivity contribution < 1.29 is 19.0 Å². The van der Waals surface area contributed by atoms with Gasteiger partial charge in [0.15, 0.2) is 0 Å². The van der Waals surface area contributed by atoms with E-state index in [1.807, 2.05) is 12.1 Å². The van der Waals surface area contributed by atoms with Crippen molar-refractivity contribution in [2.24, 2.45) is 5.41 Å². The second-order valence-corrected chi connectivity index (χ2v) is 7.10. The Hall–Kier alpha value is -1.26. The smallest absolute Gasteiger partial charge is 0.313 e. The summed E-state index contributed by atoms with van der Waals surface area (Å²) >= 11 is 6.06. The molecule has 1 spiro atoms. The fraction of sp³-hybridized carbons (Fsp3) is 0.588. The summed E-state index contributed by atoms with van der Waals surface area (Å²) in [6, 6.07) is 5.43. The number of hydrogen-bond donors (Lipinski definition) is 0. The molecule has 4 nitrogen and oxygen atoms in total. The Morgan fingerprint density at radius 3 is 2.91 bits per heavy atom. The molecule has 1 aromatic rings. The van der Waals surface area contributed by atoms with Crippen molar-refractivity contribution in [2.45, 2.75) is 37.7 Å². The van der Waals surface area contributed by atoms with E-state index in [-0.39, 0.29) is 23.4 Å². The minimum atomic E-state index is -0.267. The van der Waals surface area contributed by atoms with Gasteiger partial charge in [0.05, 0.1) is 25.7 Å². The highest BCUT2D eigenvalue weighted by molar-refractivity contribution is 6.30. The van der Waals surface area contributed by atoms with Gasteiger partial charge in [-0.2, -0.15) is 0 Å². The Morgan fingerprint density at radius 2 is 2.18 bits per heavy atom. The molecular formula is C17H19ClO4. The first-order chi connectivity index (χ1) is 10.7. The average Bonchev–Trinajstić information content (AvgIpc) is 2.91. The number of carbonyl (C=O) groups excluding carboxylic acids is 1. The summed E-state index contributed by atoms with van der Waals surface area (Å²) in [6.07, 6.45) is 3.65. The van der Waals surface area contributed by atoms with Crippen LogP contribution < -0.4 is 4.74 Å². The maximum absolute atomic E-state index is 12.6. The lowest BCUT2D eigenvalue weighted by molar-refractivity contribution is -0.154. The molecule has 2 aliphatic heterocycles. The molecule has 0 amide bonds. The predicted molar refractivity (Wildman–Crippen MR) is 81.3 cm³/mol. The van der Waals surface area contributed by atoms with Gasteiger partial charge in [-0.3, -0.25) is 4.79 Å². The number of ether oxygens (including phenoxy) is 3. The van der Waals surface area contributed by atoms with Crippen molar-refractivity contribution in [3.63, 3.8) is 0 Å². The average molecular weight is 323 g/mol. The van der Waals surface area contributed by atoms with Gasteiger partial charge in [-0.15, -0.1) is 0 Å². The monoisotopic (exact) mass is 322 g/mol. The Bertz CT molecular complexity index is 596. The van der Waals surface area contributed by atoms with Crippen LogP contribution in [0.25, 0.3) is 0 Å². The molecule has 1 aliphatic carbocycles. The van der Waals surface area contributed by atoms with Gasteiger partial charge in [0.25, 0.3) is 0 Å². The maximum atomic E-state index is 12.6. The molecule has 2 unspecified atom stereocenters. The molecule has 1 aromatic carbocycles. The summed E-state index contributed by atoms with van der Waals surface area (Å²) in [4.78, 5) is 12.6. The standard InChI is InChI=1S/C17H19ClO4/c18-11-1-2-15-14(7-11)13(4-6-21-15)16(19)22-12-3-5-17(8-12)9-20-10-17/h1-2,7,12-13H,3-6,8-10H2. The molecule has 1 saturated carbocycles. The first-order valence-corrected chi connectivity index (χ1v) is 8.24. The first kappa shape index (κ1) is 14.3. The van der Waals surface area contributed by atoms with Gasteiger partial charge in [0.1, 0.15) is 11.9 Å². The van der Waals surface area contributed by atoms with Crippen LogP contribution in [0.5, 0.6) is 5.75 Å². The van der Waals surface area contributed by atoms with Crippen LogP contribution in [0.15, 0.2) is 18.2 Å². The Kier molecular flexibility index (Phi) is 3.54. The first-order valence-electron chi connectivity index (χ1n) is 7.86. The van der Waals surface area contributed by atoms with Crippen molar-refractivity contribution in [2.75, 3.05) is 19.8 Å². The molecule has 2 atom stereocenters. The largest absolute Gasteiger partial charge is 0.493 e. The van der Waals surface area contributed by atoms with Crippen LogP contribution in [0.1, 0.15) is 37.2 Å². The Labute approximate surface area is 134 Å². The van der Waals surface area contributed by atoms with Crippen LogP contribution in [0, 0.1) is 5.41 Å². The molecule has 22 heavy (non-hydrogen) atoms. The zero-order valence-corrected chi connectivity index (χ0v) is 13.1. The number of esters is 1. The molecule has 3 aliphatic rings. The number of fused-ring (bicyclic) bond motifs is 1. The molecule has 0 N–H and O–H groups in total. The minimum Gasteiger partial charge on any atom is -0.493 e. The third kappa shape index (κ3) is 2.48. The van der Waals surface area contributed by atoms with Crippen LogP contribution in [0.2, 0.25) is 5.02 Å². The van der Waals surface area contributed by atoms with E-state index in [4.69, 9.17) is 25.8 Å². The number of rotatable bonds is 2. The van der Waals surface area contributed by atoms with Crippen LogP contribution >= 0.6 is 11.6 Å². The topological polar surface area (TPSA) is 44.8 Å². The van der Waals surface area contributed by atoms with Gasteiger partial charge in [-0.1, -0.05) is 11.6 Å². The molecule has 2 heterocycles. The predicted octanol–water partition coefficient (Wildman–Crippen LogP) is 3.32. The number of hydrogen-bond acceptors (Lipinski definition) is 4. The van der Waals surface area contributed by atoms with E-state index in [2.05, 4.69) is 0 Å². The van der Waals surface area contributed by atoms with Crippen molar-refractivity contribution in [3.8, 4) is 5.75 Å². The summed E-state index contributed by atoms with van der Waals surface area (Å²) < 4.78 is 16.7. The highest BCUT2D eigenvalue weighted by Gasteiger charge is 2.46. The third-order valence-corrected chi connectivity index (χ3v) is 5.29. The second-order valence-electron chi connectivity index (χ2n) is 6.67. The lowest BCUT2D eigenvalue weighted by atomic mass is 9.84. The Morgan fingerprint density at radius 1 is 1.32 bits per heavy atom. The summed E-state index contributed by atoms with van der Waals surface area (Å²) in [5.41, 5.74) is 1.13. The molecule has 4 rings (SSSR count). The fourth-order valence-corrected chi connectivity index (χ4v) is 3.94. The summed E-state index contributed by atoms with van der Waals surface area (Å²) in [6.45, 7) is 2.17. The molecule has 118 valence electrons. The number of benzene rings is 1. The summed E-state index contributed by atoms with van der Waals surface area (Å²) in [5, 5.41) is 0.619. The number of halogens is 1. The van der Waals surface area contributed by atoms with E-state index in [1.54, 1.807) is 6.07 Å². The third-order valence-electron chi connectivity index (χ3n) is 5.05. The second kappa shape index (κ2) is 5.43.